The molecule has 21 heavy (non-hydrogen) atoms. The Morgan fingerprint density at radius 1 is 1.14 bits per heavy atom. The highest BCUT2D eigenvalue weighted by molar-refractivity contribution is 6.31. The molecule has 1 amide bonds. The molecular weight excluding hydrogens is 288 g/mol. The van der Waals surface area contributed by atoms with E-state index in [1.165, 1.54) is 0 Å². The first kappa shape index (κ1) is 15.4. The first-order chi connectivity index (χ1) is 10.0. The third kappa shape index (κ3) is 3.54. The SMILES string of the molecule is CC(N)C(Oc1ccccc1C(N)=O)c1ccccc1Cl. The van der Waals surface area contributed by atoms with E-state index in [0.29, 0.717) is 16.3 Å². The van der Waals surface area contributed by atoms with Gasteiger partial charge < -0.3 is 16.2 Å². The number of halogens is 1. The van der Waals surface area contributed by atoms with Crippen LogP contribution in [0.15, 0.2) is 48.5 Å². The van der Waals surface area contributed by atoms with Gasteiger partial charge in [0.05, 0.1) is 5.56 Å². The minimum Gasteiger partial charge on any atom is -0.483 e. The second-order valence-electron chi connectivity index (χ2n) is 4.78. The average Bonchev–Trinajstić information content (AvgIpc) is 2.45. The van der Waals surface area contributed by atoms with Gasteiger partial charge in [-0.3, -0.25) is 4.79 Å². The van der Waals surface area contributed by atoms with Gasteiger partial charge >= 0.3 is 0 Å². The third-order valence-electron chi connectivity index (χ3n) is 3.10. The minimum atomic E-state index is -0.548. The maximum absolute atomic E-state index is 11.5. The molecule has 4 N–H and O–H groups in total. The molecule has 0 aliphatic rings. The summed E-state index contributed by atoms with van der Waals surface area (Å²) < 4.78 is 5.92. The summed E-state index contributed by atoms with van der Waals surface area (Å²) in [6.07, 6.45) is -0.473. The van der Waals surface area contributed by atoms with E-state index in [1.807, 2.05) is 25.1 Å². The van der Waals surface area contributed by atoms with Gasteiger partial charge in [0.15, 0.2) is 0 Å². The van der Waals surface area contributed by atoms with Crippen LogP contribution >= 0.6 is 11.6 Å². The number of ether oxygens (including phenoxy) is 1. The van der Waals surface area contributed by atoms with Gasteiger partial charge in [0.1, 0.15) is 11.9 Å². The van der Waals surface area contributed by atoms with Crippen LogP contribution in [0.2, 0.25) is 5.02 Å². The molecule has 5 heteroatoms. The molecule has 110 valence electrons. The molecule has 0 saturated heterocycles. The zero-order chi connectivity index (χ0) is 15.4. The summed E-state index contributed by atoms with van der Waals surface area (Å²) in [6.45, 7) is 1.82. The van der Waals surface area contributed by atoms with Crippen molar-refractivity contribution in [3.8, 4) is 5.75 Å². The van der Waals surface area contributed by atoms with Crippen molar-refractivity contribution in [1.29, 1.82) is 0 Å². The van der Waals surface area contributed by atoms with Crippen LogP contribution in [0.3, 0.4) is 0 Å². The van der Waals surface area contributed by atoms with Gasteiger partial charge in [-0.05, 0) is 25.1 Å². The van der Waals surface area contributed by atoms with Crippen LogP contribution in [-0.4, -0.2) is 11.9 Å². The number of amides is 1. The maximum atomic E-state index is 11.5. The maximum Gasteiger partial charge on any atom is 0.252 e. The fourth-order valence-corrected chi connectivity index (χ4v) is 2.31. The van der Waals surface area contributed by atoms with Crippen LogP contribution in [0.1, 0.15) is 28.9 Å². The number of hydrogen-bond acceptors (Lipinski definition) is 3. The van der Waals surface area contributed by atoms with E-state index in [1.54, 1.807) is 30.3 Å². The Morgan fingerprint density at radius 2 is 1.76 bits per heavy atom. The van der Waals surface area contributed by atoms with E-state index >= 15 is 0 Å². The lowest BCUT2D eigenvalue weighted by Crippen LogP contribution is -2.30. The van der Waals surface area contributed by atoms with Crippen LogP contribution in [0.25, 0.3) is 0 Å². The second-order valence-corrected chi connectivity index (χ2v) is 5.19. The molecule has 4 nitrogen and oxygen atoms in total. The molecule has 2 unspecified atom stereocenters. The Balaban J connectivity index is 2.39. The fraction of sp³-hybridized carbons (Fsp3) is 0.188. The molecular formula is C16H17ClN2O2. The summed E-state index contributed by atoms with van der Waals surface area (Å²) in [5.74, 6) is -0.152. The monoisotopic (exact) mass is 304 g/mol. The van der Waals surface area contributed by atoms with Gasteiger partial charge in [0, 0.05) is 16.6 Å². The van der Waals surface area contributed by atoms with Crippen LogP contribution in [0.5, 0.6) is 5.75 Å². The van der Waals surface area contributed by atoms with Gasteiger partial charge in [-0.2, -0.15) is 0 Å². The van der Waals surface area contributed by atoms with Crippen LogP contribution in [-0.2, 0) is 0 Å². The second kappa shape index (κ2) is 6.61. The highest BCUT2D eigenvalue weighted by atomic mass is 35.5. The predicted molar refractivity (Wildman–Crippen MR) is 83.4 cm³/mol. The minimum absolute atomic E-state index is 0.314. The molecule has 0 bridgehead atoms. The number of carbonyl (C=O) groups excluding carboxylic acids is 1. The Morgan fingerprint density at radius 3 is 2.38 bits per heavy atom. The van der Waals surface area contributed by atoms with Crippen molar-refractivity contribution >= 4 is 17.5 Å². The number of rotatable bonds is 5. The number of hydrogen-bond donors (Lipinski definition) is 2. The molecule has 0 aliphatic heterocycles. The van der Waals surface area contributed by atoms with Crippen LogP contribution in [0.4, 0.5) is 0 Å². The van der Waals surface area contributed by atoms with Crippen molar-refractivity contribution < 1.29 is 9.53 Å². The molecule has 2 aromatic rings. The number of para-hydroxylation sites is 1. The molecule has 0 heterocycles. The molecule has 0 aliphatic carbocycles. The van der Waals surface area contributed by atoms with Crippen LogP contribution < -0.4 is 16.2 Å². The standard InChI is InChI=1S/C16H17ClN2O2/c1-10(18)15(11-6-2-4-8-13(11)17)21-14-9-5-3-7-12(14)16(19)20/h2-10,15H,18H2,1H3,(H2,19,20). The lowest BCUT2D eigenvalue weighted by atomic mass is 10.0. The van der Waals surface area contributed by atoms with Crippen molar-refractivity contribution in [2.24, 2.45) is 11.5 Å². The molecule has 0 saturated carbocycles. The predicted octanol–water partition coefficient (Wildman–Crippen LogP) is 2.91. The number of carbonyl (C=O) groups is 1. The summed E-state index contributed by atoms with van der Waals surface area (Å²) in [4.78, 5) is 11.5. The van der Waals surface area contributed by atoms with E-state index < -0.39 is 12.0 Å². The molecule has 0 radical (unpaired) electrons. The van der Waals surface area contributed by atoms with E-state index in [0.717, 1.165) is 5.56 Å². The number of nitrogens with two attached hydrogens (primary N) is 2. The number of primary amides is 1. The van der Waals surface area contributed by atoms with Gasteiger partial charge in [-0.1, -0.05) is 41.9 Å². The van der Waals surface area contributed by atoms with Gasteiger partial charge in [-0.15, -0.1) is 0 Å². The lowest BCUT2D eigenvalue weighted by molar-refractivity contribution is 0.0990. The Labute approximate surface area is 128 Å². The molecule has 2 atom stereocenters. The highest BCUT2D eigenvalue weighted by Crippen LogP contribution is 2.30. The average molecular weight is 305 g/mol. The first-order valence-electron chi connectivity index (χ1n) is 6.56. The molecule has 2 rings (SSSR count). The van der Waals surface area contributed by atoms with E-state index in [4.69, 9.17) is 27.8 Å². The smallest absolute Gasteiger partial charge is 0.252 e. The van der Waals surface area contributed by atoms with Crippen molar-refractivity contribution in [3.63, 3.8) is 0 Å². The van der Waals surface area contributed by atoms with Crippen molar-refractivity contribution in [2.75, 3.05) is 0 Å². The topological polar surface area (TPSA) is 78.3 Å². The van der Waals surface area contributed by atoms with E-state index in [9.17, 15) is 4.79 Å². The third-order valence-corrected chi connectivity index (χ3v) is 3.44. The zero-order valence-corrected chi connectivity index (χ0v) is 12.4. The molecule has 2 aromatic carbocycles. The first-order valence-corrected chi connectivity index (χ1v) is 6.94. The van der Waals surface area contributed by atoms with Crippen molar-refractivity contribution in [3.05, 3.63) is 64.7 Å². The normalized spacial score (nSPS) is 13.5. The fourth-order valence-electron chi connectivity index (χ4n) is 2.07. The van der Waals surface area contributed by atoms with Gasteiger partial charge in [0.25, 0.3) is 5.91 Å². The zero-order valence-electron chi connectivity index (χ0n) is 11.6. The number of benzene rings is 2. The molecule has 0 aromatic heterocycles. The van der Waals surface area contributed by atoms with Gasteiger partial charge in [-0.25, -0.2) is 0 Å². The van der Waals surface area contributed by atoms with Gasteiger partial charge in [0.2, 0.25) is 0 Å². The molecule has 0 fully saturated rings. The summed E-state index contributed by atoms with van der Waals surface area (Å²) >= 11 is 6.20. The Hall–Kier alpha value is -2.04. The Kier molecular flexibility index (Phi) is 4.83. The van der Waals surface area contributed by atoms with E-state index in [-0.39, 0.29) is 6.04 Å². The summed E-state index contributed by atoms with van der Waals surface area (Å²) in [5, 5.41) is 0.566. The summed E-state index contributed by atoms with van der Waals surface area (Å²) in [7, 11) is 0. The highest BCUT2D eigenvalue weighted by Gasteiger charge is 2.22. The van der Waals surface area contributed by atoms with Crippen LogP contribution in [0, 0.1) is 0 Å². The van der Waals surface area contributed by atoms with Crippen molar-refractivity contribution in [2.45, 2.75) is 19.1 Å². The lowest BCUT2D eigenvalue weighted by Gasteiger charge is -2.24. The van der Waals surface area contributed by atoms with Crippen molar-refractivity contribution in [1.82, 2.24) is 0 Å². The Bertz CT molecular complexity index is 644. The summed E-state index contributed by atoms with van der Waals surface area (Å²) in [6, 6.07) is 13.8. The largest absolute Gasteiger partial charge is 0.483 e. The molecule has 0 spiro atoms. The quantitative estimate of drug-likeness (QED) is 0.891. The summed E-state index contributed by atoms with van der Waals surface area (Å²) in [5.41, 5.74) is 12.5. The van der Waals surface area contributed by atoms with E-state index in [2.05, 4.69) is 0 Å².